The number of aliphatic hydroxyl groups is 1. The summed E-state index contributed by atoms with van der Waals surface area (Å²) in [7, 11) is 0. The number of aliphatic hydroxyl groups excluding tert-OH is 1. The average Bonchev–Trinajstić information content (AvgIpc) is 2.71. The maximum Gasteiger partial charge on any atom is 0.250 e. The molecule has 0 spiro atoms. The van der Waals surface area contributed by atoms with Crippen LogP contribution in [0.2, 0.25) is 0 Å². The van der Waals surface area contributed by atoms with Crippen molar-refractivity contribution in [2.75, 3.05) is 0 Å². The molecule has 112 valence electrons. The van der Waals surface area contributed by atoms with Gasteiger partial charge >= 0.3 is 0 Å². The van der Waals surface area contributed by atoms with Crippen molar-refractivity contribution in [3.63, 3.8) is 0 Å². The number of Topliss-reactive ketones (excluding diaryl/α,β-unsaturated/α-hetero) is 1. The molecule has 1 amide bonds. The summed E-state index contributed by atoms with van der Waals surface area (Å²) in [4.78, 5) is 23.6. The normalized spacial score (nSPS) is 21.1. The van der Waals surface area contributed by atoms with Crippen LogP contribution < -0.4 is 5.32 Å². The van der Waals surface area contributed by atoms with Gasteiger partial charge in [0.05, 0.1) is 0 Å². The third-order valence-electron chi connectivity index (χ3n) is 3.76. The third kappa shape index (κ3) is 2.02. The Hall–Kier alpha value is -2.82. The average molecular weight is 297 g/mol. The van der Waals surface area contributed by atoms with Gasteiger partial charge < -0.3 is 9.84 Å². The third-order valence-corrected chi connectivity index (χ3v) is 3.76. The fourth-order valence-electron chi connectivity index (χ4n) is 2.69. The number of amides is 1. The quantitative estimate of drug-likeness (QED) is 0.893. The highest BCUT2D eigenvalue weighted by molar-refractivity contribution is 6.05. The number of nitrogens with one attached hydrogen (secondary N) is 1. The van der Waals surface area contributed by atoms with Crippen LogP contribution >= 0.6 is 0 Å². The molecule has 5 heteroatoms. The zero-order chi connectivity index (χ0) is 15.9. The molecule has 1 heterocycles. The summed E-state index contributed by atoms with van der Waals surface area (Å²) < 4.78 is 5.63. The van der Waals surface area contributed by atoms with Gasteiger partial charge in [-0.25, -0.2) is 0 Å². The van der Waals surface area contributed by atoms with Gasteiger partial charge in [0, 0.05) is 12.5 Å². The largest absolute Gasteiger partial charge is 0.501 e. The van der Waals surface area contributed by atoms with E-state index in [-0.39, 0.29) is 5.88 Å². The molecule has 0 fully saturated rings. The van der Waals surface area contributed by atoms with Crippen LogP contribution in [-0.2, 0) is 19.9 Å². The second-order valence-corrected chi connectivity index (χ2v) is 5.35. The van der Waals surface area contributed by atoms with E-state index in [0.29, 0.717) is 5.56 Å². The molecule has 2 aromatic carbocycles. The smallest absolute Gasteiger partial charge is 0.250 e. The first-order valence-corrected chi connectivity index (χ1v) is 6.86. The lowest BCUT2D eigenvalue weighted by molar-refractivity contribution is -0.132. The molecular weight excluding hydrogens is 282 g/mol. The van der Waals surface area contributed by atoms with E-state index in [0.717, 1.165) is 10.8 Å². The number of carbonyl (C=O) groups is 2. The van der Waals surface area contributed by atoms with Crippen LogP contribution in [0.5, 0.6) is 0 Å². The zero-order valence-corrected chi connectivity index (χ0v) is 12.2. The highest BCUT2D eigenvalue weighted by Crippen LogP contribution is 2.39. The molecule has 1 aliphatic rings. The fraction of sp³-hybridized carbons (Fsp3) is 0.176. The van der Waals surface area contributed by atoms with Crippen LogP contribution in [0, 0.1) is 0 Å². The van der Waals surface area contributed by atoms with Crippen LogP contribution in [0.1, 0.15) is 19.4 Å². The maximum atomic E-state index is 12.5. The van der Waals surface area contributed by atoms with Crippen molar-refractivity contribution in [2.45, 2.75) is 19.4 Å². The van der Waals surface area contributed by atoms with E-state index in [4.69, 9.17) is 4.74 Å². The molecule has 2 aromatic rings. The van der Waals surface area contributed by atoms with E-state index in [9.17, 15) is 14.7 Å². The Morgan fingerprint density at radius 1 is 1.18 bits per heavy atom. The Labute approximate surface area is 127 Å². The lowest BCUT2D eigenvalue weighted by atomic mass is 9.88. The molecule has 0 aromatic heterocycles. The molecule has 1 aliphatic heterocycles. The van der Waals surface area contributed by atoms with E-state index in [1.165, 1.54) is 6.92 Å². The van der Waals surface area contributed by atoms with Gasteiger partial charge in [-0.05, 0) is 17.7 Å². The summed E-state index contributed by atoms with van der Waals surface area (Å²) in [5.74, 6) is -1.76. The van der Waals surface area contributed by atoms with Crippen molar-refractivity contribution >= 4 is 22.5 Å². The Bertz CT molecular complexity index is 819. The predicted octanol–water partition coefficient (Wildman–Crippen LogP) is 2.52. The van der Waals surface area contributed by atoms with Gasteiger partial charge in [-0.1, -0.05) is 42.5 Å². The van der Waals surface area contributed by atoms with Crippen molar-refractivity contribution in [2.24, 2.45) is 0 Å². The molecule has 0 aliphatic carbocycles. The van der Waals surface area contributed by atoms with Gasteiger partial charge in [-0.2, -0.15) is 0 Å². The molecule has 5 nitrogen and oxygen atoms in total. The van der Waals surface area contributed by atoms with Gasteiger partial charge in [0.15, 0.2) is 5.60 Å². The van der Waals surface area contributed by atoms with Crippen molar-refractivity contribution in [3.8, 4) is 0 Å². The number of rotatable bonds is 2. The lowest BCUT2D eigenvalue weighted by Gasteiger charge is -2.25. The Morgan fingerprint density at radius 2 is 1.86 bits per heavy atom. The molecule has 0 bridgehead atoms. The molecule has 0 saturated heterocycles. The van der Waals surface area contributed by atoms with Crippen LogP contribution in [0.25, 0.3) is 10.8 Å². The van der Waals surface area contributed by atoms with Gasteiger partial charge in [-0.3, -0.25) is 14.9 Å². The molecule has 1 unspecified atom stereocenters. The van der Waals surface area contributed by atoms with E-state index >= 15 is 0 Å². The van der Waals surface area contributed by atoms with E-state index in [1.807, 2.05) is 36.4 Å². The van der Waals surface area contributed by atoms with Gasteiger partial charge in [0.25, 0.3) is 5.78 Å². The fourth-order valence-corrected chi connectivity index (χ4v) is 2.69. The number of hydrogen-bond donors (Lipinski definition) is 2. The number of ether oxygens (including phenoxy) is 1. The summed E-state index contributed by atoms with van der Waals surface area (Å²) >= 11 is 0. The Kier molecular flexibility index (Phi) is 3.13. The van der Waals surface area contributed by atoms with Gasteiger partial charge in [0.1, 0.15) is 0 Å². The summed E-state index contributed by atoms with van der Waals surface area (Å²) in [6, 6.07) is 13.1. The van der Waals surface area contributed by atoms with Crippen LogP contribution in [0.3, 0.4) is 0 Å². The second-order valence-electron chi connectivity index (χ2n) is 5.35. The van der Waals surface area contributed by atoms with Crippen LogP contribution in [0.4, 0.5) is 0 Å². The number of ketones is 1. The summed E-state index contributed by atoms with van der Waals surface area (Å²) in [5, 5.41) is 14.1. The van der Waals surface area contributed by atoms with Crippen molar-refractivity contribution in [1.29, 1.82) is 0 Å². The second kappa shape index (κ2) is 4.87. The maximum absolute atomic E-state index is 12.5. The first kappa shape index (κ1) is 14.1. The Balaban J connectivity index is 2.12. The number of carbonyl (C=O) groups excluding carboxylic acids is 2. The first-order valence-electron chi connectivity index (χ1n) is 6.86. The molecule has 0 saturated carbocycles. The number of fused-ring (bicyclic) bond motifs is 1. The minimum absolute atomic E-state index is 0.201. The predicted molar refractivity (Wildman–Crippen MR) is 80.9 cm³/mol. The molecule has 2 N–H and O–H groups in total. The van der Waals surface area contributed by atoms with Crippen molar-refractivity contribution in [3.05, 3.63) is 59.7 Å². The molecule has 1 atom stereocenters. The first-order chi connectivity index (χ1) is 10.4. The van der Waals surface area contributed by atoms with Crippen molar-refractivity contribution in [1.82, 2.24) is 5.32 Å². The van der Waals surface area contributed by atoms with Crippen LogP contribution in [-0.4, -0.2) is 16.8 Å². The molecular formula is C17H15NO4. The minimum atomic E-state index is -1.37. The highest BCUT2D eigenvalue weighted by atomic mass is 16.5. The standard InChI is InChI=1S/C17H15NO4/c1-10(19)18-16-14(20)15(21)17(2,22-16)13-9-5-7-11-6-3-4-8-12(11)13/h3-9,20H,1-2H3,(H,18,19). The van der Waals surface area contributed by atoms with Crippen LogP contribution in [0.15, 0.2) is 54.1 Å². The van der Waals surface area contributed by atoms with Gasteiger partial charge in [-0.15, -0.1) is 0 Å². The zero-order valence-electron chi connectivity index (χ0n) is 12.2. The lowest BCUT2D eigenvalue weighted by Crippen LogP contribution is -2.32. The summed E-state index contributed by atoms with van der Waals surface area (Å²) in [6.45, 7) is 2.86. The van der Waals surface area contributed by atoms with Gasteiger partial charge in [0.2, 0.25) is 17.5 Å². The number of benzene rings is 2. The molecule has 0 radical (unpaired) electrons. The molecule has 22 heavy (non-hydrogen) atoms. The SMILES string of the molecule is CC(=O)NC1=C(O)C(=O)C(C)(c2cccc3ccccc23)O1. The van der Waals surface area contributed by atoms with E-state index < -0.39 is 23.1 Å². The van der Waals surface area contributed by atoms with E-state index in [1.54, 1.807) is 13.0 Å². The van der Waals surface area contributed by atoms with E-state index in [2.05, 4.69) is 5.32 Å². The number of hydrogen-bond acceptors (Lipinski definition) is 4. The van der Waals surface area contributed by atoms with Crippen molar-refractivity contribution < 1.29 is 19.4 Å². The minimum Gasteiger partial charge on any atom is -0.501 e. The monoisotopic (exact) mass is 297 g/mol. The summed E-state index contributed by atoms with van der Waals surface area (Å²) in [5.41, 5.74) is -0.731. The highest BCUT2D eigenvalue weighted by Gasteiger charge is 2.48. The Morgan fingerprint density at radius 3 is 2.59 bits per heavy atom. The summed E-state index contributed by atoms with van der Waals surface area (Å²) in [6.07, 6.45) is 0. The molecule has 3 rings (SSSR count). The topological polar surface area (TPSA) is 75.6 Å².